The van der Waals surface area contributed by atoms with Gasteiger partial charge in [-0.15, -0.1) is 0 Å². The number of hydrogen-bond acceptors (Lipinski definition) is 8. The van der Waals surface area contributed by atoms with Gasteiger partial charge in [0, 0.05) is 25.4 Å². The first kappa shape index (κ1) is 29.3. The van der Waals surface area contributed by atoms with Gasteiger partial charge in [0.2, 0.25) is 5.91 Å². The maximum atomic E-state index is 11.9. The number of benzene rings is 1. The molecule has 192 valence electrons. The van der Waals surface area contributed by atoms with E-state index in [0.717, 1.165) is 0 Å². The zero-order chi connectivity index (χ0) is 25.9. The van der Waals surface area contributed by atoms with E-state index in [1.54, 1.807) is 32.9 Å². The molecule has 1 aromatic carbocycles. The number of amides is 1. The lowest BCUT2D eigenvalue weighted by Crippen LogP contribution is -2.34. The topological polar surface area (TPSA) is 154 Å². The molecule has 2 rings (SSSR count). The van der Waals surface area contributed by atoms with E-state index >= 15 is 0 Å². The quantitative estimate of drug-likeness (QED) is 0.277. The lowest BCUT2D eigenvalue weighted by molar-refractivity contribution is -0.157. The summed E-state index contributed by atoms with van der Waals surface area (Å²) in [6, 6.07) is 5.05. The molecule has 2 unspecified atom stereocenters. The van der Waals surface area contributed by atoms with Crippen molar-refractivity contribution in [2.24, 2.45) is 5.41 Å². The van der Waals surface area contributed by atoms with Gasteiger partial charge in [-0.2, -0.15) is 0 Å². The number of ether oxygens (including phenoxy) is 2. The van der Waals surface area contributed by atoms with Crippen LogP contribution in [0.1, 0.15) is 59.4 Å². The van der Waals surface area contributed by atoms with Crippen LogP contribution in [0.15, 0.2) is 18.2 Å². The Morgan fingerprint density at radius 2 is 1.91 bits per heavy atom. The number of aromatic hydroxyl groups is 1. The fraction of sp³-hybridized carbons (Fsp3) is 0.625. The number of carbonyl (C=O) groups is 3. The molecule has 34 heavy (non-hydrogen) atoms. The van der Waals surface area contributed by atoms with Crippen LogP contribution in [0.2, 0.25) is 0 Å². The van der Waals surface area contributed by atoms with Crippen LogP contribution < -0.4 is 10.6 Å². The molecule has 1 fully saturated rings. The summed E-state index contributed by atoms with van der Waals surface area (Å²) >= 11 is 0. The van der Waals surface area contributed by atoms with Gasteiger partial charge in [-0.25, -0.2) is 4.79 Å². The van der Waals surface area contributed by atoms with E-state index in [1.807, 2.05) is 13.8 Å². The van der Waals surface area contributed by atoms with Crippen molar-refractivity contribution in [2.45, 2.75) is 78.7 Å². The molecule has 0 radical (unpaired) electrons. The molecule has 0 bridgehead atoms. The van der Waals surface area contributed by atoms with Crippen molar-refractivity contribution in [2.75, 3.05) is 18.5 Å². The Kier molecular flexibility index (Phi) is 12.0. The van der Waals surface area contributed by atoms with Gasteiger partial charge in [0.05, 0.1) is 23.8 Å². The molecule has 0 aliphatic carbocycles. The van der Waals surface area contributed by atoms with Crippen LogP contribution in [0.5, 0.6) is 5.75 Å². The van der Waals surface area contributed by atoms with Crippen LogP contribution in [-0.2, 0) is 30.5 Å². The fourth-order valence-corrected chi connectivity index (χ4v) is 2.78. The zero-order valence-corrected chi connectivity index (χ0v) is 20.6. The first-order valence-corrected chi connectivity index (χ1v) is 11.3. The minimum absolute atomic E-state index is 0.0222. The average molecular weight is 483 g/mol. The highest BCUT2D eigenvalue weighted by atomic mass is 16.5. The summed E-state index contributed by atoms with van der Waals surface area (Å²) in [5.41, 5.74) is 0.437. The predicted octanol–water partition coefficient (Wildman–Crippen LogP) is 2.42. The summed E-state index contributed by atoms with van der Waals surface area (Å²) in [6.45, 7) is 10.4. The molecule has 5 N–H and O–H groups in total. The normalized spacial score (nSPS) is 18.0. The summed E-state index contributed by atoms with van der Waals surface area (Å²) in [7, 11) is 0. The Balaban J connectivity index is 0.000000479. The van der Waals surface area contributed by atoms with Gasteiger partial charge in [0.1, 0.15) is 12.4 Å². The number of aliphatic hydroxyl groups excluding tert-OH is 1. The summed E-state index contributed by atoms with van der Waals surface area (Å²) in [4.78, 5) is 34.0. The van der Waals surface area contributed by atoms with E-state index in [9.17, 15) is 19.5 Å². The van der Waals surface area contributed by atoms with Gasteiger partial charge in [-0.05, 0) is 44.9 Å². The molecule has 0 spiro atoms. The SMILES string of the molecule is CC(C)NCCC(=O)Nc1cc(COC(=O)C(C)(C)C)ccc1O.O=C(O)C1CC(O)CCO1. The second-order valence-electron chi connectivity index (χ2n) is 9.46. The van der Waals surface area contributed by atoms with E-state index in [1.165, 1.54) is 6.07 Å². The Morgan fingerprint density at radius 1 is 1.24 bits per heavy atom. The molecule has 1 heterocycles. The molecular formula is C24H38N2O8. The third kappa shape index (κ3) is 11.4. The minimum atomic E-state index is -0.987. The third-order valence-electron chi connectivity index (χ3n) is 4.75. The number of phenols is 1. The molecule has 1 amide bonds. The Labute approximate surface area is 200 Å². The molecule has 1 aromatic rings. The van der Waals surface area contributed by atoms with Crippen LogP contribution in [-0.4, -0.2) is 64.6 Å². The number of carboxylic acids is 1. The number of carboxylic acid groups (broad SMARTS) is 1. The largest absolute Gasteiger partial charge is 0.506 e. The molecule has 0 saturated carbocycles. The zero-order valence-electron chi connectivity index (χ0n) is 20.6. The van der Waals surface area contributed by atoms with Crippen molar-refractivity contribution in [1.82, 2.24) is 5.32 Å². The van der Waals surface area contributed by atoms with Crippen LogP contribution in [0.25, 0.3) is 0 Å². The number of esters is 1. The molecule has 10 nitrogen and oxygen atoms in total. The highest BCUT2D eigenvalue weighted by molar-refractivity contribution is 5.92. The summed E-state index contributed by atoms with van der Waals surface area (Å²) < 4.78 is 10.1. The van der Waals surface area contributed by atoms with Gasteiger partial charge >= 0.3 is 11.9 Å². The van der Waals surface area contributed by atoms with Crippen molar-refractivity contribution < 1.29 is 39.2 Å². The molecule has 1 saturated heterocycles. The molecular weight excluding hydrogens is 444 g/mol. The van der Waals surface area contributed by atoms with Gasteiger partial charge in [-0.3, -0.25) is 9.59 Å². The monoisotopic (exact) mass is 482 g/mol. The number of aliphatic hydroxyl groups is 1. The molecule has 1 aliphatic heterocycles. The molecule has 1 aliphatic rings. The number of nitrogens with one attached hydrogen (secondary N) is 2. The number of rotatable bonds is 8. The number of hydrogen-bond donors (Lipinski definition) is 5. The Hall–Kier alpha value is -2.69. The average Bonchev–Trinajstić information content (AvgIpc) is 2.73. The summed E-state index contributed by atoms with van der Waals surface area (Å²) in [5.74, 6) is -1.51. The highest BCUT2D eigenvalue weighted by Crippen LogP contribution is 2.25. The van der Waals surface area contributed by atoms with E-state index < -0.39 is 23.6 Å². The smallest absolute Gasteiger partial charge is 0.332 e. The van der Waals surface area contributed by atoms with Gasteiger partial charge in [0.25, 0.3) is 0 Å². The first-order valence-electron chi connectivity index (χ1n) is 11.3. The van der Waals surface area contributed by atoms with Gasteiger partial charge in [0.15, 0.2) is 6.10 Å². The maximum absolute atomic E-state index is 11.9. The van der Waals surface area contributed by atoms with Crippen molar-refractivity contribution in [3.8, 4) is 5.75 Å². The molecule has 2 atom stereocenters. The highest BCUT2D eigenvalue weighted by Gasteiger charge is 2.26. The Morgan fingerprint density at radius 3 is 2.44 bits per heavy atom. The van der Waals surface area contributed by atoms with E-state index in [4.69, 9.17) is 19.7 Å². The molecule has 10 heteroatoms. The van der Waals surface area contributed by atoms with Crippen molar-refractivity contribution in [3.63, 3.8) is 0 Å². The molecule has 0 aromatic heterocycles. The van der Waals surface area contributed by atoms with Crippen molar-refractivity contribution in [3.05, 3.63) is 23.8 Å². The number of aliphatic carboxylic acids is 1. The van der Waals surface area contributed by atoms with Crippen LogP contribution >= 0.6 is 0 Å². The number of carbonyl (C=O) groups excluding carboxylic acids is 2. The fourth-order valence-electron chi connectivity index (χ4n) is 2.78. The lowest BCUT2D eigenvalue weighted by Gasteiger charge is -2.22. The summed E-state index contributed by atoms with van der Waals surface area (Å²) in [6.07, 6.45) is -0.237. The standard InChI is InChI=1S/C18H28N2O4.C6H10O4/c1-12(2)19-9-8-16(22)20-14-10-13(6-7-15(14)21)11-24-17(23)18(3,4)5;7-4-1-2-10-5(3-4)6(8)9/h6-7,10,12,19,21H,8-9,11H2,1-5H3,(H,20,22);4-5,7H,1-3H2,(H,8,9). The number of anilines is 1. The summed E-state index contributed by atoms with van der Waals surface area (Å²) in [5, 5.41) is 33.1. The van der Waals surface area contributed by atoms with Crippen molar-refractivity contribution in [1.29, 1.82) is 0 Å². The van der Waals surface area contributed by atoms with Crippen molar-refractivity contribution >= 4 is 23.5 Å². The second kappa shape index (κ2) is 13.9. The number of phenolic OH excluding ortho intramolecular Hbond substituents is 1. The van der Waals surface area contributed by atoms with E-state index in [0.29, 0.717) is 43.3 Å². The van der Waals surface area contributed by atoms with E-state index in [-0.39, 0.29) is 30.7 Å². The third-order valence-corrected chi connectivity index (χ3v) is 4.75. The van der Waals surface area contributed by atoms with Crippen LogP contribution in [0, 0.1) is 5.41 Å². The van der Waals surface area contributed by atoms with Crippen LogP contribution in [0.3, 0.4) is 0 Å². The first-order chi connectivity index (χ1) is 15.8. The van der Waals surface area contributed by atoms with E-state index in [2.05, 4.69) is 10.6 Å². The maximum Gasteiger partial charge on any atom is 0.332 e. The second-order valence-corrected chi connectivity index (χ2v) is 9.46. The Bertz CT molecular complexity index is 820. The van der Waals surface area contributed by atoms with Crippen LogP contribution in [0.4, 0.5) is 5.69 Å². The lowest BCUT2D eigenvalue weighted by atomic mass is 9.97. The van der Waals surface area contributed by atoms with Gasteiger partial charge < -0.3 is 35.4 Å². The minimum Gasteiger partial charge on any atom is -0.506 e. The van der Waals surface area contributed by atoms with Gasteiger partial charge in [-0.1, -0.05) is 19.9 Å². The predicted molar refractivity (Wildman–Crippen MR) is 126 cm³/mol.